The summed E-state index contributed by atoms with van der Waals surface area (Å²) in [6.07, 6.45) is 4.45. The molecule has 2 rings (SSSR count). The maximum atomic E-state index is 9.88. The number of rotatable bonds is 3. The number of nitrogens with zero attached hydrogens (tertiary/aromatic N) is 2. The summed E-state index contributed by atoms with van der Waals surface area (Å²) in [4.78, 5) is 7.93. The van der Waals surface area contributed by atoms with Crippen molar-refractivity contribution in [3.63, 3.8) is 0 Å². The zero-order valence-electron chi connectivity index (χ0n) is 8.61. The number of phenolic OH excluding ortho intramolecular Hbond substituents is 1. The predicted octanol–water partition coefficient (Wildman–Crippen LogP) is 1.46. The molecule has 2 aromatic rings. The van der Waals surface area contributed by atoms with Crippen LogP contribution in [0, 0.1) is 0 Å². The van der Waals surface area contributed by atoms with E-state index >= 15 is 0 Å². The van der Waals surface area contributed by atoms with E-state index in [1.165, 1.54) is 0 Å². The molecule has 82 valence electrons. The minimum atomic E-state index is -0.668. The zero-order valence-corrected chi connectivity index (χ0v) is 8.61. The summed E-state index contributed by atoms with van der Waals surface area (Å²) in [5, 5.41) is 19.0. The van der Waals surface area contributed by atoms with Gasteiger partial charge in [0.05, 0.1) is 11.9 Å². The van der Waals surface area contributed by atoms with Crippen molar-refractivity contribution >= 4 is 0 Å². The second kappa shape index (κ2) is 4.72. The molecular weight excluding hydrogens is 204 g/mol. The average molecular weight is 216 g/mol. The maximum absolute atomic E-state index is 9.88. The number of hydrogen-bond acceptors (Lipinski definition) is 4. The van der Waals surface area contributed by atoms with Crippen LogP contribution in [0.3, 0.4) is 0 Å². The Morgan fingerprint density at radius 3 is 2.50 bits per heavy atom. The Labute approximate surface area is 93.2 Å². The lowest BCUT2D eigenvalue weighted by atomic mass is 10.1. The Morgan fingerprint density at radius 2 is 1.88 bits per heavy atom. The second-order valence-electron chi connectivity index (χ2n) is 3.52. The number of hydrogen-bond donors (Lipinski definition) is 2. The van der Waals surface area contributed by atoms with Crippen molar-refractivity contribution in [3.05, 3.63) is 54.1 Å². The smallest absolute Gasteiger partial charge is 0.115 e. The van der Waals surface area contributed by atoms with E-state index in [0.29, 0.717) is 12.1 Å². The second-order valence-corrected chi connectivity index (χ2v) is 3.52. The summed E-state index contributed by atoms with van der Waals surface area (Å²) in [6, 6.07) is 6.74. The van der Waals surface area contributed by atoms with E-state index in [4.69, 9.17) is 5.11 Å². The molecule has 0 bridgehead atoms. The van der Waals surface area contributed by atoms with Crippen LogP contribution in [0.25, 0.3) is 0 Å². The van der Waals surface area contributed by atoms with E-state index in [0.717, 1.165) is 5.56 Å². The molecule has 4 heteroatoms. The van der Waals surface area contributed by atoms with Crippen LogP contribution in [0.2, 0.25) is 0 Å². The van der Waals surface area contributed by atoms with E-state index < -0.39 is 6.10 Å². The first-order valence-corrected chi connectivity index (χ1v) is 4.97. The highest BCUT2D eigenvalue weighted by atomic mass is 16.3. The van der Waals surface area contributed by atoms with Crippen LogP contribution in [0.1, 0.15) is 17.4 Å². The van der Waals surface area contributed by atoms with E-state index in [1.54, 1.807) is 42.9 Å². The summed E-state index contributed by atoms with van der Waals surface area (Å²) >= 11 is 0. The summed E-state index contributed by atoms with van der Waals surface area (Å²) in [5.74, 6) is 0.220. The van der Waals surface area contributed by atoms with Crippen LogP contribution in [-0.4, -0.2) is 20.2 Å². The van der Waals surface area contributed by atoms with Gasteiger partial charge in [0.2, 0.25) is 0 Å². The molecule has 16 heavy (non-hydrogen) atoms. The minimum absolute atomic E-state index is 0.220. The SMILES string of the molecule is Oc1ccc(CC(O)c2cnccn2)cc1. The molecular formula is C12H12N2O2. The van der Waals surface area contributed by atoms with Crippen LogP contribution >= 0.6 is 0 Å². The van der Waals surface area contributed by atoms with E-state index in [1.807, 2.05) is 0 Å². The molecule has 0 aliphatic rings. The monoisotopic (exact) mass is 216 g/mol. The van der Waals surface area contributed by atoms with Crippen molar-refractivity contribution in [2.75, 3.05) is 0 Å². The molecule has 0 fully saturated rings. The highest BCUT2D eigenvalue weighted by Crippen LogP contribution is 2.17. The van der Waals surface area contributed by atoms with Gasteiger partial charge >= 0.3 is 0 Å². The fraction of sp³-hybridized carbons (Fsp3) is 0.167. The third kappa shape index (κ3) is 2.55. The van der Waals surface area contributed by atoms with Gasteiger partial charge in [0, 0.05) is 18.8 Å². The minimum Gasteiger partial charge on any atom is -0.508 e. The summed E-state index contributed by atoms with van der Waals surface area (Å²) in [5.41, 5.74) is 1.49. The van der Waals surface area contributed by atoms with Crippen molar-refractivity contribution in [2.24, 2.45) is 0 Å². The summed E-state index contributed by atoms with van der Waals surface area (Å²) in [7, 11) is 0. The van der Waals surface area contributed by atoms with Crippen molar-refractivity contribution in [1.82, 2.24) is 9.97 Å². The van der Waals surface area contributed by atoms with Gasteiger partial charge in [-0.3, -0.25) is 9.97 Å². The van der Waals surface area contributed by atoms with Crippen LogP contribution in [0.4, 0.5) is 0 Å². The van der Waals surface area contributed by atoms with Gasteiger partial charge in [-0.2, -0.15) is 0 Å². The number of aliphatic hydroxyl groups is 1. The van der Waals surface area contributed by atoms with Crippen LogP contribution < -0.4 is 0 Å². The van der Waals surface area contributed by atoms with Crippen molar-refractivity contribution < 1.29 is 10.2 Å². The fourth-order valence-corrected chi connectivity index (χ4v) is 1.44. The lowest BCUT2D eigenvalue weighted by molar-refractivity contribution is 0.173. The molecule has 1 heterocycles. The number of aromatic hydroxyl groups is 1. The van der Waals surface area contributed by atoms with Crippen LogP contribution in [0.15, 0.2) is 42.9 Å². The molecule has 0 spiro atoms. The summed E-state index contributed by atoms with van der Waals surface area (Å²) < 4.78 is 0. The molecule has 0 radical (unpaired) electrons. The predicted molar refractivity (Wildman–Crippen MR) is 58.8 cm³/mol. The van der Waals surface area contributed by atoms with E-state index in [2.05, 4.69) is 9.97 Å². The molecule has 4 nitrogen and oxygen atoms in total. The van der Waals surface area contributed by atoms with Gasteiger partial charge in [-0.15, -0.1) is 0 Å². The Hall–Kier alpha value is -1.94. The average Bonchev–Trinajstić information content (AvgIpc) is 2.33. The molecule has 0 saturated heterocycles. The molecule has 0 saturated carbocycles. The number of aromatic nitrogens is 2. The summed E-state index contributed by atoms with van der Waals surface area (Å²) in [6.45, 7) is 0. The first kappa shape index (κ1) is 10.6. The number of benzene rings is 1. The van der Waals surface area contributed by atoms with Gasteiger partial charge in [0.1, 0.15) is 11.9 Å². The first-order valence-electron chi connectivity index (χ1n) is 4.97. The Balaban J connectivity index is 2.08. The van der Waals surface area contributed by atoms with Gasteiger partial charge in [0.25, 0.3) is 0 Å². The normalized spacial score (nSPS) is 12.3. The topological polar surface area (TPSA) is 66.2 Å². The first-order chi connectivity index (χ1) is 7.75. The fourth-order valence-electron chi connectivity index (χ4n) is 1.44. The molecule has 1 aromatic heterocycles. The highest BCUT2D eigenvalue weighted by molar-refractivity contribution is 5.26. The van der Waals surface area contributed by atoms with E-state index in [9.17, 15) is 5.11 Å². The third-order valence-corrected chi connectivity index (χ3v) is 2.29. The van der Waals surface area contributed by atoms with Crippen molar-refractivity contribution in [2.45, 2.75) is 12.5 Å². The molecule has 1 unspecified atom stereocenters. The molecule has 0 amide bonds. The molecule has 1 aromatic carbocycles. The van der Waals surface area contributed by atoms with Crippen LogP contribution in [-0.2, 0) is 6.42 Å². The maximum Gasteiger partial charge on any atom is 0.115 e. The quantitative estimate of drug-likeness (QED) is 0.815. The van der Waals surface area contributed by atoms with Gasteiger partial charge in [-0.05, 0) is 17.7 Å². The Bertz CT molecular complexity index is 442. The van der Waals surface area contributed by atoms with Crippen LogP contribution in [0.5, 0.6) is 5.75 Å². The third-order valence-electron chi connectivity index (χ3n) is 2.29. The lowest BCUT2D eigenvalue weighted by Crippen LogP contribution is -2.04. The molecule has 0 aliphatic carbocycles. The molecule has 1 atom stereocenters. The van der Waals surface area contributed by atoms with Gasteiger partial charge in [-0.25, -0.2) is 0 Å². The van der Waals surface area contributed by atoms with Gasteiger partial charge in [-0.1, -0.05) is 12.1 Å². The van der Waals surface area contributed by atoms with Crippen molar-refractivity contribution in [3.8, 4) is 5.75 Å². The Kier molecular flexibility index (Phi) is 3.12. The molecule has 2 N–H and O–H groups in total. The largest absolute Gasteiger partial charge is 0.508 e. The zero-order chi connectivity index (χ0) is 11.4. The Morgan fingerprint density at radius 1 is 1.12 bits per heavy atom. The number of phenols is 1. The van der Waals surface area contributed by atoms with Crippen molar-refractivity contribution in [1.29, 1.82) is 0 Å². The van der Waals surface area contributed by atoms with Gasteiger partial charge < -0.3 is 10.2 Å². The number of aliphatic hydroxyl groups excluding tert-OH is 1. The van der Waals surface area contributed by atoms with E-state index in [-0.39, 0.29) is 5.75 Å². The molecule has 0 aliphatic heterocycles. The standard InChI is InChI=1S/C12H12N2O2/c15-10-3-1-9(2-4-10)7-12(16)11-8-13-5-6-14-11/h1-6,8,12,15-16H,7H2. The highest BCUT2D eigenvalue weighted by Gasteiger charge is 2.09. The lowest BCUT2D eigenvalue weighted by Gasteiger charge is -2.09. The van der Waals surface area contributed by atoms with Gasteiger partial charge in [0.15, 0.2) is 0 Å².